The van der Waals surface area contributed by atoms with Gasteiger partial charge in [0.15, 0.2) is 0 Å². The first kappa shape index (κ1) is 13.8. The van der Waals surface area contributed by atoms with Gasteiger partial charge < -0.3 is 5.73 Å². The fourth-order valence-electron chi connectivity index (χ4n) is 2.66. The third-order valence-electron chi connectivity index (χ3n) is 3.79. The van der Waals surface area contributed by atoms with Gasteiger partial charge in [0.25, 0.3) is 0 Å². The van der Waals surface area contributed by atoms with Crippen molar-refractivity contribution in [1.29, 1.82) is 0 Å². The number of aromatic nitrogens is 1. The molecule has 1 heterocycles. The molecular formula is C19H20N2. The molecule has 0 aliphatic rings. The van der Waals surface area contributed by atoms with Crippen molar-refractivity contribution in [2.24, 2.45) is 5.73 Å². The minimum absolute atomic E-state index is 0.175. The molecule has 0 spiro atoms. The summed E-state index contributed by atoms with van der Waals surface area (Å²) in [5.41, 5.74) is 10.8. The van der Waals surface area contributed by atoms with Crippen molar-refractivity contribution in [2.45, 2.75) is 25.8 Å². The summed E-state index contributed by atoms with van der Waals surface area (Å²) in [6.45, 7) is 2.19. The van der Waals surface area contributed by atoms with E-state index in [1.165, 1.54) is 5.56 Å². The van der Waals surface area contributed by atoms with Gasteiger partial charge in [-0.25, -0.2) is 0 Å². The molecule has 0 fully saturated rings. The summed E-state index contributed by atoms with van der Waals surface area (Å²) in [5.74, 6) is 0. The average Bonchev–Trinajstić information content (AvgIpc) is 2.54. The summed E-state index contributed by atoms with van der Waals surface area (Å²) in [7, 11) is 0. The van der Waals surface area contributed by atoms with Gasteiger partial charge in [-0.15, -0.1) is 0 Å². The molecule has 2 aromatic carbocycles. The van der Waals surface area contributed by atoms with E-state index < -0.39 is 0 Å². The van der Waals surface area contributed by atoms with Crippen LogP contribution in [0.5, 0.6) is 0 Å². The van der Waals surface area contributed by atoms with Crippen LogP contribution in [0, 0.1) is 0 Å². The maximum atomic E-state index is 6.41. The number of nitrogens with two attached hydrogens (primary N) is 1. The number of nitrogens with zero attached hydrogens (tertiary/aromatic N) is 1. The Hall–Kier alpha value is -2.19. The molecule has 0 saturated carbocycles. The Morgan fingerprint density at radius 1 is 1.00 bits per heavy atom. The Labute approximate surface area is 125 Å². The predicted octanol–water partition coefficient (Wildman–Crippen LogP) is 4.24. The molecule has 2 heteroatoms. The minimum atomic E-state index is -0.175. The molecule has 106 valence electrons. The van der Waals surface area contributed by atoms with Crippen molar-refractivity contribution in [3.63, 3.8) is 0 Å². The van der Waals surface area contributed by atoms with Crippen molar-refractivity contribution in [3.8, 4) is 0 Å². The van der Waals surface area contributed by atoms with E-state index in [-0.39, 0.29) is 6.04 Å². The smallest absolute Gasteiger partial charge is 0.0726 e. The van der Waals surface area contributed by atoms with Crippen LogP contribution >= 0.6 is 0 Å². The molecule has 1 unspecified atom stereocenters. The maximum Gasteiger partial charge on any atom is 0.0726 e. The average molecular weight is 276 g/mol. The third kappa shape index (κ3) is 2.96. The molecule has 2 nitrogen and oxygen atoms in total. The highest BCUT2D eigenvalue weighted by atomic mass is 14.8. The van der Waals surface area contributed by atoms with Crippen LogP contribution in [-0.4, -0.2) is 4.98 Å². The lowest BCUT2D eigenvalue weighted by Gasteiger charge is -2.13. The van der Waals surface area contributed by atoms with Crippen molar-refractivity contribution in [3.05, 3.63) is 77.5 Å². The Kier molecular flexibility index (Phi) is 3.98. The molecule has 21 heavy (non-hydrogen) atoms. The van der Waals surface area contributed by atoms with Crippen LogP contribution in [0.2, 0.25) is 0 Å². The first-order valence-electron chi connectivity index (χ1n) is 7.48. The molecule has 0 bridgehead atoms. The van der Waals surface area contributed by atoms with E-state index >= 15 is 0 Å². The Morgan fingerprint density at radius 3 is 2.71 bits per heavy atom. The van der Waals surface area contributed by atoms with Gasteiger partial charge in [-0.3, -0.25) is 4.98 Å². The molecule has 0 aliphatic carbocycles. The number of benzene rings is 2. The van der Waals surface area contributed by atoms with Crippen LogP contribution in [0.3, 0.4) is 0 Å². The predicted molar refractivity (Wildman–Crippen MR) is 88.2 cm³/mol. The highest BCUT2D eigenvalue weighted by molar-refractivity contribution is 5.78. The monoisotopic (exact) mass is 276 g/mol. The molecule has 0 aliphatic heterocycles. The van der Waals surface area contributed by atoms with Gasteiger partial charge in [0.05, 0.1) is 17.3 Å². The zero-order valence-electron chi connectivity index (χ0n) is 12.3. The van der Waals surface area contributed by atoms with Gasteiger partial charge in [-0.2, -0.15) is 0 Å². The van der Waals surface area contributed by atoms with Gasteiger partial charge >= 0.3 is 0 Å². The van der Waals surface area contributed by atoms with E-state index in [4.69, 9.17) is 10.7 Å². The molecule has 1 aromatic heterocycles. The van der Waals surface area contributed by atoms with Crippen LogP contribution in [0.25, 0.3) is 10.9 Å². The number of rotatable bonds is 4. The SMILES string of the molecule is CCCc1cccc(C(N)c2ccc3ccccc3n2)c1. The number of hydrogen-bond donors (Lipinski definition) is 1. The first-order valence-corrected chi connectivity index (χ1v) is 7.48. The summed E-state index contributed by atoms with van der Waals surface area (Å²) in [4.78, 5) is 4.70. The van der Waals surface area contributed by atoms with Crippen molar-refractivity contribution < 1.29 is 0 Å². The lowest BCUT2D eigenvalue weighted by molar-refractivity contribution is 0.828. The lowest BCUT2D eigenvalue weighted by atomic mass is 9.99. The second-order valence-corrected chi connectivity index (χ2v) is 5.40. The molecule has 0 amide bonds. The van der Waals surface area contributed by atoms with E-state index in [1.54, 1.807) is 0 Å². The second kappa shape index (κ2) is 6.06. The standard InChI is InChI=1S/C19H20N2/c1-2-6-14-7-5-9-16(13-14)19(20)18-12-11-15-8-3-4-10-17(15)21-18/h3-5,7-13,19H,2,6,20H2,1H3. The summed E-state index contributed by atoms with van der Waals surface area (Å²) in [6, 6.07) is 20.6. The Bertz CT molecular complexity index is 749. The number of hydrogen-bond acceptors (Lipinski definition) is 2. The summed E-state index contributed by atoms with van der Waals surface area (Å²) < 4.78 is 0. The Balaban J connectivity index is 1.95. The zero-order valence-corrected chi connectivity index (χ0v) is 12.3. The molecular weight excluding hydrogens is 256 g/mol. The summed E-state index contributed by atoms with van der Waals surface area (Å²) in [6.07, 6.45) is 2.23. The third-order valence-corrected chi connectivity index (χ3v) is 3.79. The van der Waals surface area contributed by atoms with Crippen molar-refractivity contribution in [2.75, 3.05) is 0 Å². The van der Waals surface area contributed by atoms with Crippen LogP contribution in [0.15, 0.2) is 60.7 Å². The highest BCUT2D eigenvalue weighted by Crippen LogP contribution is 2.22. The van der Waals surface area contributed by atoms with Gasteiger partial charge in [-0.05, 0) is 29.7 Å². The van der Waals surface area contributed by atoms with Gasteiger partial charge in [0.1, 0.15) is 0 Å². The fourth-order valence-corrected chi connectivity index (χ4v) is 2.66. The summed E-state index contributed by atoms with van der Waals surface area (Å²) >= 11 is 0. The maximum absolute atomic E-state index is 6.41. The number of aryl methyl sites for hydroxylation is 1. The normalized spacial score (nSPS) is 12.5. The van der Waals surface area contributed by atoms with Crippen LogP contribution in [0.1, 0.15) is 36.2 Å². The molecule has 0 radical (unpaired) electrons. The number of para-hydroxylation sites is 1. The molecule has 3 rings (SSSR count). The molecule has 0 saturated heterocycles. The second-order valence-electron chi connectivity index (χ2n) is 5.40. The van der Waals surface area contributed by atoms with Crippen LogP contribution in [-0.2, 0) is 6.42 Å². The van der Waals surface area contributed by atoms with E-state index in [9.17, 15) is 0 Å². The van der Waals surface area contributed by atoms with Gasteiger partial charge in [0, 0.05) is 5.39 Å². The van der Waals surface area contributed by atoms with E-state index in [1.807, 2.05) is 24.3 Å². The molecule has 1 atom stereocenters. The van der Waals surface area contributed by atoms with Gasteiger partial charge in [0.2, 0.25) is 0 Å². The van der Waals surface area contributed by atoms with Gasteiger partial charge in [-0.1, -0.05) is 61.9 Å². The van der Waals surface area contributed by atoms with E-state index in [2.05, 4.69) is 43.3 Å². The lowest BCUT2D eigenvalue weighted by Crippen LogP contribution is -2.13. The largest absolute Gasteiger partial charge is 0.319 e. The molecule has 2 N–H and O–H groups in total. The first-order chi connectivity index (χ1) is 10.3. The van der Waals surface area contributed by atoms with Crippen molar-refractivity contribution in [1.82, 2.24) is 4.98 Å². The quantitative estimate of drug-likeness (QED) is 0.774. The fraction of sp³-hybridized carbons (Fsp3) is 0.211. The summed E-state index contributed by atoms with van der Waals surface area (Å²) in [5, 5.41) is 1.15. The topological polar surface area (TPSA) is 38.9 Å². The van der Waals surface area contributed by atoms with Crippen molar-refractivity contribution >= 4 is 10.9 Å². The minimum Gasteiger partial charge on any atom is -0.319 e. The zero-order chi connectivity index (χ0) is 14.7. The Morgan fingerprint density at radius 2 is 1.86 bits per heavy atom. The number of pyridine rings is 1. The molecule has 3 aromatic rings. The van der Waals surface area contributed by atoms with Crippen LogP contribution < -0.4 is 5.73 Å². The van der Waals surface area contributed by atoms with E-state index in [0.29, 0.717) is 0 Å². The van der Waals surface area contributed by atoms with Crippen LogP contribution in [0.4, 0.5) is 0 Å². The highest BCUT2D eigenvalue weighted by Gasteiger charge is 2.11. The number of fused-ring (bicyclic) bond motifs is 1. The van der Waals surface area contributed by atoms with E-state index in [0.717, 1.165) is 35.0 Å².